The molecule has 1 aromatic heterocycles. The van der Waals surface area contributed by atoms with E-state index in [1.165, 1.54) is 0 Å². The van der Waals surface area contributed by atoms with E-state index in [0.29, 0.717) is 25.4 Å². The Morgan fingerprint density at radius 3 is 2.86 bits per heavy atom. The molecule has 150 valence electrons. The van der Waals surface area contributed by atoms with Gasteiger partial charge in [0.15, 0.2) is 0 Å². The molecule has 29 heavy (non-hydrogen) atoms. The second-order valence-corrected chi connectivity index (χ2v) is 7.74. The van der Waals surface area contributed by atoms with Crippen LogP contribution in [0, 0.1) is 11.8 Å². The topological polar surface area (TPSA) is 81.0 Å². The van der Waals surface area contributed by atoms with E-state index >= 15 is 0 Å². The molecule has 1 aromatic carbocycles. The number of carbonyl (C=O) groups excluding carboxylic acids is 2. The zero-order chi connectivity index (χ0) is 20.0. The lowest BCUT2D eigenvalue weighted by molar-refractivity contribution is -0.138. The van der Waals surface area contributed by atoms with Gasteiger partial charge in [0.25, 0.3) is 0 Å². The van der Waals surface area contributed by atoms with E-state index in [2.05, 4.69) is 5.32 Å². The van der Waals surface area contributed by atoms with Crippen LogP contribution in [0.5, 0.6) is 5.75 Å². The molecule has 1 N–H and O–H groups in total. The van der Waals surface area contributed by atoms with Crippen molar-refractivity contribution in [3.8, 4) is 5.75 Å². The highest BCUT2D eigenvalue weighted by atomic mass is 16.5. The van der Waals surface area contributed by atoms with Crippen molar-refractivity contribution in [3.05, 3.63) is 66.1 Å². The van der Waals surface area contributed by atoms with Crippen molar-refractivity contribution in [2.75, 3.05) is 13.7 Å². The third-order valence-electron chi connectivity index (χ3n) is 6.03. The molecular formula is C22H22N2O5. The highest BCUT2D eigenvalue weighted by Crippen LogP contribution is 2.52. The zero-order valence-electron chi connectivity index (χ0n) is 16.0. The Kier molecular flexibility index (Phi) is 4.20. The van der Waals surface area contributed by atoms with Crippen molar-refractivity contribution in [1.29, 1.82) is 0 Å². The molecule has 4 heterocycles. The number of benzene rings is 1. The number of rotatable bonds is 6. The van der Waals surface area contributed by atoms with E-state index in [9.17, 15) is 9.59 Å². The van der Waals surface area contributed by atoms with Gasteiger partial charge in [-0.1, -0.05) is 24.3 Å². The Balaban J connectivity index is 1.29. The van der Waals surface area contributed by atoms with Crippen LogP contribution in [0.2, 0.25) is 0 Å². The molecule has 3 aliphatic heterocycles. The molecule has 0 saturated carbocycles. The van der Waals surface area contributed by atoms with E-state index in [1.807, 2.05) is 42.5 Å². The molecule has 2 fully saturated rings. The summed E-state index contributed by atoms with van der Waals surface area (Å²) < 4.78 is 16.7. The highest BCUT2D eigenvalue weighted by Gasteiger charge is 2.66. The van der Waals surface area contributed by atoms with Crippen LogP contribution < -0.4 is 10.1 Å². The summed E-state index contributed by atoms with van der Waals surface area (Å²) in [5, 5.41) is 2.97. The third-order valence-corrected chi connectivity index (χ3v) is 6.03. The summed E-state index contributed by atoms with van der Waals surface area (Å²) in [4.78, 5) is 27.9. The zero-order valence-corrected chi connectivity index (χ0v) is 16.0. The Hall–Kier alpha value is -3.06. The molecule has 0 unspecified atom stereocenters. The van der Waals surface area contributed by atoms with Crippen molar-refractivity contribution in [3.63, 3.8) is 0 Å². The Bertz CT molecular complexity index is 952. The van der Waals surface area contributed by atoms with Crippen LogP contribution >= 0.6 is 0 Å². The van der Waals surface area contributed by atoms with Crippen LogP contribution in [-0.2, 0) is 27.4 Å². The minimum absolute atomic E-state index is 0.0575. The smallest absolute Gasteiger partial charge is 0.230 e. The molecule has 2 amide bonds. The quantitative estimate of drug-likeness (QED) is 0.757. The van der Waals surface area contributed by atoms with Gasteiger partial charge in [-0.3, -0.25) is 9.59 Å². The fourth-order valence-corrected chi connectivity index (χ4v) is 4.65. The average molecular weight is 394 g/mol. The summed E-state index contributed by atoms with van der Waals surface area (Å²) in [5.41, 5.74) is 0.252. The van der Waals surface area contributed by atoms with Gasteiger partial charge in [-0.25, -0.2) is 0 Å². The number of methoxy groups -OCH3 is 1. The summed E-state index contributed by atoms with van der Waals surface area (Å²) in [6.45, 7) is 1.21. The predicted molar refractivity (Wildman–Crippen MR) is 103 cm³/mol. The molecule has 1 spiro atoms. The molecule has 2 saturated heterocycles. The minimum atomic E-state index is -0.712. The van der Waals surface area contributed by atoms with Crippen molar-refractivity contribution in [1.82, 2.24) is 10.2 Å². The molecular weight excluding hydrogens is 372 g/mol. The molecule has 7 heteroatoms. The van der Waals surface area contributed by atoms with Gasteiger partial charge in [0.1, 0.15) is 17.1 Å². The van der Waals surface area contributed by atoms with Crippen LogP contribution in [0.15, 0.2) is 59.2 Å². The number of nitrogens with one attached hydrogen (secondary N) is 1. The second kappa shape index (κ2) is 6.77. The van der Waals surface area contributed by atoms with Gasteiger partial charge in [-0.2, -0.15) is 0 Å². The molecule has 0 aliphatic carbocycles. The number of fused-ring (bicyclic) bond motifs is 1. The number of amides is 2. The van der Waals surface area contributed by atoms with Crippen LogP contribution in [0.25, 0.3) is 0 Å². The fourth-order valence-electron chi connectivity index (χ4n) is 4.65. The lowest BCUT2D eigenvalue weighted by atomic mass is 9.77. The van der Waals surface area contributed by atoms with Gasteiger partial charge in [0, 0.05) is 6.54 Å². The Morgan fingerprint density at radius 1 is 1.31 bits per heavy atom. The molecule has 5 rings (SSSR count). The summed E-state index contributed by atoms with van der Waals surface area (Å²) >= 11 is 0. The number of hydrogen-bond acceptors (Lipinski definition) is 5. The molecule has 2 bridgehead atoms. The van der Waals surface area contributed by atoms with Gasteiger partial charge in [-0.05, 0) is 29.8 Å². The fraction of sp³-hybridized carbons (Fsp3) is 0.364. The predicted octanol–water partition coefficient (Wildman–Crippen LogP) is 1.89. The van der Waals surface area contributed by atoms with Crippen LogP contribution in [0.3, 0.4) is 0 Å². The van der Waals surface area contributed by atoms with Crippen molar-refractivity contribution in [2.24, 2.45) is 11.8 Å². The SMILES string of the molecule is COc1ccc(CNC(=O)[C@H]2[C@@H]3C=C[C@]4(CN(Cc5ccco5)C(=O)[C@H]24)O3)cc1. The first-order valence-corrected chi connectivity index (χ1v) is 9.69. The highest BCUT2D eigenvalue weighted by molar-refractivity contribution is 5.93. The van der Waals surface area contributed by atoms with E-state index < -0.39 is 17.4 Å². The van der Waals surface area contributed by atoms with Crippen molar-refractivity contribution < 1.29 is 23.5 Å². The third kappa shape index (κ3) is 2.93. The van der Waals surface area contributed by atoms with Gasteiger partial charge in [0.05, 0.1) is 44.4 Å². The first-order valence-electron chi connectivity index (χ1n) is 9.69. The summed E-state index contributed by atoms with van der Waals surface area (Å²) in [7, 11) is 1.61. The van der Waals surface area contributed by atoms with E-state index in [-0.39, 0.29) is 17.9 Å². The second-order valence-electron chi connectivity index (χ2n) is 7.74. The van der Waals surface area contributed by atoms with Crippen LogP contribution in [0.4, 0.5) is 0 Å². The first-order chi connectivity index (χ1) is 14.1. The van der Waals surface area contributed by atoms with Crippen LogP contribution in [-0.4, -0.2) is 42.1 Å². The van der Waals surface area contributed by atoms with Gasteiger partial charge >= 0.3 is 0 Å². The maximum Gasteiger partial charge on any atom is 0.230 e. The number of hydrogen-bond donors (Lipinski definition) is 1. The van der Waals surface area contributed by atoms with Gasteiger partial charge in [-0.15, -0.1) is 0 Å². The largest absolute Gasteiger partial charge is 0.497 e. The number of likely N-dealkylation sites (tertiary alicyclic amines) is 1. The van der Waals surface area contributed by atoms with E-state index in [4.69, 9.17) is 13.9 Å². The average Bonchev–Trinajstić information content (AvgIpc) is 3.50. The van der Waals surface area contributed by atoms with Crippen molar-refractivity contribution >= 4 is 11.8 Å². The lowest BCUT2D eigenvalue weighted by Crippen LogP contribution is -2.43. The maximum atomic E-state index is 13.1. The minimum Gasteiger partial charge on any atom is -0.497 e. The van der Waals surface area contributed by atoms with Gasteiger partial charge in [0.2, 0.25) is 11.8 Å². The standard InChI is InChI=1S/C22H22N2O5/c1-27-15-6-4-14(5-7-15)11-23-20(25)18-17-8-9-22(29-17)13-24(21(26)19(18)22)12-16-3-2-10-28-16/h2-10,17-19H,11-13H2,1H3,(H,23,25)/t17-,18-,19-,22+/m0/s1. The normalized spacial score (nSPS) is 29.3. The molecule has 3 aliphatic rings. The summed E-state index contributed by atoms with van der Waals surface area (Å²) in [6, 6.07) is 11.2. The summed E-state index contributed by atoms with van der Waals surface area (Å²) in [6.07, 6.45) is 5.10. The Morgan fingerprint density at radius 2 is 2.14 bits per heavy atom. The van der Waals surface area contributed by atoms with E-state index in [0.717, 1.165) is 11.3 Å². The van der Waals surface area contributed by atoms with E-state index in [1.54, 1.807) is 24.3 Å². The van der Waals surface area contributed by atoms with Gasteiger partial charge < -0.3 is 24.1 Å². The van der Waals surface area contributed by atoms with Crippen LogP contribution in [0.1, 0.15) is 11.3 Å². The Labute approximate surface area is 168 Å². The number of furan rings is 1. The summed E-state index contributed by atoms with van der Waals surface area (Å²) in [5.74, 6) is 0.249. The monoisotopic (exact) mass is 394 g/mol. The molecule has 0 radical (unpaired) electrons. The number of ether oxygens (including phenoxy) is 2. The number of nitrogens with zero attached hydrogens (tertiary/aromatic N) is 1. The lowest BCUT2D eigenvalue weighted by Gasteiger charge is -2.23. The molecule has 4 atom stereocenters. The molecule has 7 nitrogen and oxygen atoms in total. The maximum absolute atomic E-state index is 13.1. The molecule has 2 aromatic rings. The van der Waals surface area contributed by atoms with Crippen molar-refractivity contribution in [2.45, 2.75) is 24.8 Å². The first kappa shape index (κ1) is 18.0. The number of carbonyl (C=O) groups is 2.